The van der Waals surface area contributed by atoms with Gasteiger partial charge >= 0.3 is 0 Å². The fourth-order valence-electron chi connectivity index (χ4n) is 1.41. The molecular weight excluding hydrogens is 216 g/mol. The van der Waals surface area contributed by atoms with Crippen LogP contribution in [-0.2, 0) is 0 Å². The van der Waals surface area contributed by atoms with E-state index in [1.54, 1.807) is 7.05 Å². The van der Waals surface area contributed by atoms with Gasteiger partial charge in [0, 0.05) is 19.8 Å². The molecule has 1 aromatic heterocycles. The van der Waals surface area contributed by atoms with Crippen molar-refractivity contribution in [1.29, 1.82) is 0 Å². The predicted octanol–water partition coefficient (Wildman–Crippen LogP) is 1.26. The Morgan fingerprint density at radius 2 is 1.82 bits per heavy atom. The third-order valence-corrected chi connectivity index (χ3v) is 2.31. The average Bonchev–Trinajstić information content (AvgIpc) is 2.38. The number of benzene rings is 1. The first kappa shape index (κ1) is 11.1. The highest BCUT2D eigenvalue weighted by molar-refractivity contribution is 5.57. The van der Waals surface area contributed by atoms with Crippen LogP contribution in [0.4, 0.5) is 23.5 Å². The third-order valence-electron chi connectivity index (χ3n) is 2.31. The number of hydrogen-bond acceptors (Lipinski definition) is 6. The number of aromatic nitrogens is 3. The minimum Gasteiger partial charge on any atom is -0.368 e. The molecule has 6 heteroatoms. The second-order valence-electron chi connectivity index (χ2n) is 3.46. The van der Waals surface area contributed by atoms with Gasteiger partial charge in [0.1, 0.15) is 0 Å². The van der Waals surface area contributed by atoms with E-state index in [0.717, 1.165) is 5.69 Å². The van der Waals surface area contributed by atoms with E-state index in [0.29, 0.717) is 11.9 Å². The Bertz CT molecular complexity index is 499. The molecule has 0 aliphatic rings. The molecule has 0 aliphatic heterocycles. The summed E-state index contributed by atoms with van der Waals surface area (Å²) in [6, 6.07) is 9.81. The number of nitrogens with zero attached hydrogens (tertiary/aromatic N) is 4. The van der Waals surface area contributed by atoms with E-state index in [-0.39, 0.29) is 5.95 Å². The standard InChI is InChI=1S/C11H14N6/c1-13-10-14-9(12)15-11(16-10)17(2)8-6-4-3-5-7-8/h3-7H,1-2H3,(H3,12,13,14,15,16). The summed E-state index contributed by atoms with van der Waals surface area (Å²) < 4.78 is 0. The molecule has 2 rings (SSSR count). The number of hydrogen-bond donors (Lipinski definition) is 2. The van der Waals surface area contributed by atoms with Gasteiger partial charge in [0.15, 0.2) is 0 Å². The lowest BCUT2D eigenvalue weighted by Gasteiger charge is -2.17. The van der Waals surface area contributed by atoms with Crippen molar-refractivity contribution in [3.05, 3.63) is 30.3 Å². The predicted molar refractivity (Wildman–Crippen MR) is 68.3 cm³/mol. The molecule has 0 saturated heterocycles. The van der Waals surface area contributed by atoms with Crippen LogP contribution in [0.25, 0.3) is 0 Å². The Labute approximate surface area is 99.5 Å². The molecule has 0 aliphatic carbocycles. The maximum Gasteiger partial charge on any atom is 0.236 e. The molecule has 1 aromatic carbocycles. The number of para-hydroxylation sites is 1. The van der Waals surface area contributed by atoms with Crippen LogP contribution in [0.2, 0.25) is 0 Å². The zero-order valence-electron chi connectivity index (χ0n) is 9.75. The molecule has 1 heterocycles. The zero-order chi connectivity index (χ0) is 12.3. The van der Waals surface area contributed by atoms with Crippen LogP contribution >= 0.6 is 0 Å². The van der Waals surface area contributed by atoms with E-state index in [1.807, 2.05) is 42.3 Å². The van der Waals surface area contributed by atoms with Crippen LogP contribution in [0.1, 0.15) is 0 Å². The summed E-state index contributed by atoms with van der Waals surface area (Å²) in [6.45, 7) is 0. The number of nitrogen functional groups attached to an aromatic ring is 1. The Hall–Kier alpha value is -2.37. The van der Waals surface area contributed by atoms with E-state index in [9.17, 15) is 0 Å². The summed E-state index contributed by atoms with van der Waals surface area (Å²) in [6.07, 6.45) is 0. The lowest BCUT2D eigenvalue weighted by molar-refractivity contribution is 0.997. The molecule has 3 N–H and O–H groups in total. The van der Waals surface area contributed by atoms with Crippen molar-refractivity contribution in [2.45, 2.75) is 0 Å². The fraction of sp³-hybridized carbons (Fsp3) is 0.182. The van der Waals surface area contributed by atoms with Gasteiger partial charge in [-0.1, -0.05) is 18.2 Å². The highest BCUT2D eigenvalue weighted by Gasteiger charge is 2.09. The van der Waals surface area contributed by atoms with Crippen LogP contribution < -0.4 is 16.0 Å². The lowest BCUT2D eigenvalue weighted by Crippen LogP contribution is -2.15. The maximum atomic E-state index is 5.62. The molecule has 88 valence electrons. The maximum absolute atomic E-state index is 5.62. The molecule has 6 nitrogen and oxygen atoms in total. The highest BCUT2D eigenvalue weighted by Crippen LogP contribution is 2.20. The number of nitrogens with two attached hydrogens (primary N) is 1. The first-order chi connectivity index (χ1) is 8.20. The van der Waals surface area contributed by atoms with Crippen LogP contribution in [0.3, 0.4) is 0 Å². The van der Waals surface area contributed by atoms with E-state index >= 15 is 0 Å². The summed E-state index contributed by atoms with van der Waals surface area (Å²) in [5.41, 5.74) is 6.61. The Kier molecular flexibility index (Phi) is 3.04. The van der Waals surface area contributed by atoms with Crippen LogP contribution in [-0.4, -0.2) is 29.0 Å². The lowest BCUT2D eigenvalue weighted by atomic mass is 10.3. The van der Waals surface area contributed by atoms with Crippen LogP contribution in [0.15, 0.2) is 30.3 Å². The molecule has 0 bridgehead atoms. The topological polar surface area (TPSA) is 80.0 Å². The van der Waals surface area contributed by atoms with Gasteiger partial charge in [0.05, 0.1) is 0 Å². The molecule has 0 saturated carbocycles. The first-order valence-corrected chi connectivity index (χ1v) is 5.19. The van der Waals surface area contributed by atoms with Crippen molar-refractivity contribution < 1.29 is 0 Å². The van der Waals surface area contributed by atoms with Gasteiger partial charge in [-0.2, -0.15) is 15.0 Å². The van der Waals surface area contributed by atoms with E-state index in [2.05, 4.69) is 20.3 Å². The fourth-order valence-corrected chi connectivity index (χ4v) is 1.41. The largest absolute Gasteiger partial charge is 0.368 e. The second kappa shape index (κ2) is 4.65. The Morgan fingerprint density at radius 3 is 2.47 bits per heavy atom. The van der Waals surface area contributed by atoms with Gasteiger partial charge in [-0.3, -0.25) is 0 Å². The van der Waals surface area contributed by atoms with E-state index in [1.165, 1.54) is 0 Å². The van der Waals surface area contributed by atoms with Crippen LogP contribution in [0.5, 0.6) is 0 Å². The van der Waals surface area contributed by atoms with E-state index < -0.39 is 0 Å². The minimum atomic E-state index is 0.196. The molecule has 0 unspecified atom stereocenters. The second-order valence-corrected chi connectivity index (χ2v) is 3.46. The van der Waals surface area contributed by atoms with Crippen molar-refractivity contribution in [1.82, 2.24) is 15.0 Å². The molecule has 0 radical (unpaired) electrons. The van der Waals surface area contributed by atoms with E-state index in [4.69, 9.17) is 5.73 Å². The van der Waals surface area contributed by atoms with Gasteiger partial charge in [-0.15, -0.1) is 0 Å². The normalized spacial score (nSPS) is 10.0. The molecular formula is C11H14N6. The number of anilines is 4. The molecule has 0 atom stereocenters. The SMILES string of the molecule is CNc1nc(N)nc(N(C)c2ccccc2)n1. The third kappa shape index (κ3) is 2.41. The summed E-state index contributed by atoms with van der Waals surface area (Å²) in [5, 5.41) is 2.85. The molecule has 0 fully saturated rings. The summed E-state index contributed by atoms with van der Waals surface area (Å²) in [5.74, 6) is 1.16. The quantitative estimate of drug-likeness (QED) is 0.826. The number of rotatable bonds is 3. The van der Waals surface area contributed by atoms with Gasteiger partial charge < -0.3 is 16.0 Å². The summed E-state index contributed by atoms with van der Waals surface area (Å²) in [4.78, 5) is 14.1. The van der Waals surface area contributed by atoms with Crippen molar-refractivity contribution in [2.24, 2.45) is 0 Å². The Balaban J connectivity index is 2.37. The van der Waals surface area contributed by atoms with Crippen molar-refractivity contribution in [2.75, 3.05) is 30.0 Å². The van der Waals surface area contributed by atoms with Gasteiger partial charge in [0.25, 0.3) is 0 Å². The van der Waals surface area contributed by atoms with Gasteiger partial charge in [0.2, 0.25) is 17.8 Å². The molecule has 0 spiro atoms. The van der Waals surface area contributed by atoms with Crippen molar-refractivity contribution >= 4 is 23.5 Å². The van der Waals surface area contributed by atoms with Crippen LogP contribution in [0, 0.1) is 0 Å². The zero-order valence-corrected chi connectivity index (χ0v) is 9.75. The minimum absolute atomic E-state index is 0.196. The molecule has 0 amide bonds. The smallest absolute Gasteiger partial charge is 0.236 e. The number of nitrogens with one attached hydrogen (secondary N) is 1. The van der Waals surface area contributed by atoms with Crippen molar-refractivity contribution in [3.63, 3.8) is 0 Å². The highest BCUT2D eigenvalue weighted by atomic mass is 15.3. The monoisotopic (exact) mass is 230 g/mol. The Morgan fingerprint density at radius 1 is 1.12 bits per heavy atom. The molecule has 17 heavy (non-hydrogen) atoms. The van der Waals surface area contributed by atoms with Gasteiger partial charge in [-0.05, 0) is 12.1 Å². The summed E-state index contributed by atoms with van der Waals surface area (Å²) in [7, 11) is 3.62. The summed E-state index contributed by atoms with van der Waals surface area (Å²) >= 11 is 0. The van der Waals surface area contributed by atoms with Crippen molar-refractivity contribution in [3.8, 4) is 0 Å². The molecule has 2 aromatic rings. The average molecular weight is 230 g/mol. The first-order valence-electron chi connectivity index (χ1n) is 5.19. The van der Waals surface area contributed by atoms with Gasteiger partial charge in [-0.25, -0.2) is 0 Å².